The van der Waals surface area contributed by atoms with E-state index in [2.05, 4.69) is 0 Å². The van der Waals surface area contributed by atoms with Crippen LogP contribution in [0.2, 0.25) is 0 Å². The number of nitrogens with zero attached hydrogens (tertiary/aromatic N) is 3. The maximum absolute atomic E-state index is 13.7. The minimum Gasteiger partial charge on any atom is -0.439 e. The van der Waals surface area contributed by atoms with Gasteiger partial charge >= 0.3 is 0 Å². The van der Waals surface area contributed by atoms with Gasteiger partial charge in [-0.05, 0) is 68.1 Å². The van der Waals surface area contributed by atoms with E-state index < -0.39 is 0 Å². The number of benzene rings is 2. The summed E-state index contributed by atoms with van der Waals surface area (Å²) in [5.41, 5.74) is 3.45. The predicted octanol–water partition coefficient (Wildman–Crippen LogP) is 5.84. The standard InChI is InChI=1S/C28H34FN3O3/c1-5-26-25(18-31(27(33)19(2)3)17-24-10-7-15-34-24)28(35-23-9-6-8-20(4)16-23)32(30-26)22-13-11-21(29)12-14-22/h6,8-9,11-14,16,19,24H,5,7,10,15,17-18H2,1-4H3. The van der Waals surface area contributed by atoms with Crippen LogP contribution in [0.3, 0.4) is 0 Å². The molecule has 2 aromatic carbocycles. The molecule has 0 saturated carbocycles. The molecule has 186 valence electrons. The van der Waals surface area contributed by atoms with E-state index in [0.29, 0.717) is 36.8 Å². The number of rotatable bonds is 9. The van der Waals surface area contributed by atoms with Crippen molar-refractivity contribution in [3.8, 4) is 17.3 Å². The van der Waals surface area contributed by atoms with Gasteiger partial charge in [-0.15, -0.1) is 0 Å². The molecule has 4 rings (SSSR count). The Balaban J connectivity index is 1.78. The zero-order valence-electron chi connectivity index (χ0n) is 21.0. The number of aryl methyl sites for hydroxylation is 2. The van der Waals surface area contributed by atoms with Gasteiger partial charge in [0.1, 0.15) is 11.6 Å². The van der Waals surface area contributed by atoms with Crippen molar-refractivity contribution in [3.63, 3.8) is 0 Å². The Hall–Kier alpha value is -3.19. The highest BCUT2D eigenvalue weighted by molar-refractivity contribution is 5.78. The molecule has 6 nitrogen and oxygen atoms in total. The second kappa shape index (κ2) is 11.0. The van der Waals surface area contributed by atoms with Gasteiger partial charge in [0.25, 0.3) is 0 Å². The molecule has 7 heteroatoms. The monoisotopic (exact) mass is 479 g/mol. The SMILES string of the molecule is CCc1nn(-c2ccc(F)cc2)c(Oc2cccc(C)c2)c1CN(CC1CCCO1)C(=O)C(C)C. The number of hydrogen-bond donors (Lipinski definition) is 0. The smallest absolute Gasteiger partial charge is 0.227 e. The summed E-state index contributed by atoms with van der Waals surface area (Å²) in [6, 6.07) is 14.0. The molecule has 1 aliphatic rings. The van der Waals surface area contributed by atoms with Crippen molar-refractivity contribution in [3.05, 3.63) is 71.2 Å². The van der Waals surface area contributed by atoms with Gasteiger partial charge in [-0.2, -0.15) is 5.10 Å². The minimum atomic E-state index is -0.316. The molecule has 0 N–H and O–H groups in total. The molecule has 1 atom stereocenters. The predicted molar refractivity (Wildman–Crippen MR) is 133 cm³/mol. The van der Waals surface area contributed by atoms with Crippen LogP contribution in [0.5, 0.6) is 11.6 Å². The van der Waals surface area contributed by atoms with Gasteiger partial charge < -0.3 is 14.4 Å². The first-order valence-electron chi connectivity index (χ1n) is 12.4. The lowest BCUT2D eigenvalue weighted by Gasteiger charge is -2.27. The number of amides is 1. The number of ether oxygens (including phenoxy) is 2. The van der Waals surface area contributed by atoms with Crippen molar-refractivity contribution in [1.29, 1.82) is 0 Å². The first-order chi connectivity index (χ1) is 16.9. The summed E-state index contributed by atoms with van der Waals surface area (Å²) in [6.45, 7) is 9.50. The Morgan fingerprint density at radius 2 is 2.03 bits per heavy atom. The molecule has 1 aromatic heterocycles. The first-order valence-corrected chi connectivity index (χ1v) is 12.4. The van der Waals surface area contributed by atoms with Crippen molar-refractivity contribution in [2.24, 2.45) is 5.92 Å². The van der Waals surface area contributed by atoms with Gasteiger partial charge in [0.15, 0.2) is 0 Å². The average Bonchev–Trinajstić information content (AvgIpc) is 3.47. The number of hydrogen-bond acceptors (Lipinski definition) is 4. The van der Waals surface area contributed by atoms with Crippen LogP contribution in [0.4, 0.5) is 4.39 Å². The van der Waals surface area contributed by atoms with E-state index in [1.54, 1.807) is 16.8 Å². The number of aromatic nitrogens is 2. The summed E-state index contributed by atoms with van der Waals surface area (Å²) in [5, 5.41) is 4.84. The summed E-state index contributed by atoms with van der Waals surface area (Å²) < 4.78 is 27.7. The summed E-state index contributed by atoms with van der Waals surface area (Å²) in [4.78, 5) is 15.1. The molecule has 3 aromatic rings. The Morgan fingerprint density at radius 1 is 1.26 bits per heavy atom. The third kappa shape index (κ3) is 5.90. The molecule has 1 fully saturated rings. The molecule has 0 spiro atoms. The lowest BCUT2D eigenvalue weighted by Crippen LogP contribution is -2.39. The van der Waals surface area contributed by atoms with E-state index in [1.807, 2.05) is 56.9 Å². The second-order valence-corrected chi connectivity index (χ2v) is 9.40. The highest BCUT2D eigenvalue weighted by Gasteiger charge is 2.28. The van der Waals surface area contributed by atoms with Gasteiger partial charge in [0.2, 0.25) is 11.8 Å². The molecule has 0 bridgehead atoms. The fourth-order valence-corrected chi connectivity index (χ4v) is 4.40. The molecular formula is C28H34FN3O3. The number of carbonyl (C=O) groups is 1. The number of carbonyl (C=O) groups excluding carboxylic acids is 1. The summed E-state index contributed by atoms with van der Waals surface area (Å²) in [7, 11) is 0. The molecule has 2 heterocycles. The normalized spacial score (nSPS) is 15.5. The van der Waals surface area contributed by atoms with Crippen molar-refractivity contribution in [2.75, 3.05) is 13.2 Å². The molecule has 1 amide bonds. The molecule has 35 heavy (non-hydrogen) atoms. The van der Waals surface area contributed by atoms with E-state index in [-0.39, 0.29) is 23.7 Å². The van der Waals surface area contributed by atoms with Gasteiger partial charge in [-0.25, -0.2) is 9.07 Å². The van der Waals surface area contributed by atoms with Gasteiger partial charge in [0.05, 0.1) is 29.6 Å². The summed E-state index contributed by atoms with van der Waals surface area (Å²) in [6.07, 6.45) is 2.66. The van der Waals surface area contributed by atoms with Crippen molar-refractivity contribution < 1.29 is 18.7 Å². The Morgan fingerprint density at radius 3 is 2.66 bits per heavy atom. The van der Waals surface area contributed by atoms with Crippen LogP contribution in [-0.4, -0.2) is 39.8 Å². The maximum atomic E-state index is 13.7. The maximum Gasteiger partial charge on any atom is 0.227 e. The van der Waals surface area contributed by atoms with E-state index in [4.69, 9.17) is 14.6 Å². The summed E-state index contributed by atoms with van der Waals surface area (Å²) >= 11 is 0. The van der Waals surface area contributed by atoms with Gasteiger partial charge in [0, 0.05) is 19.1 Å². The van der Waals surface area contributed by atoms with Crippen LogP contribution in [0.15, 0.2) is 48.5 Å². The third-order valence-corrected chi connectivity index (χ3v) is 6.23. The van der Waals surface area contributed by atoms with Crippen molar-refractivity contribution in [1.82, 2.24) is 14.7 Å². The van der Waals surface area contributed by atoms with E-state index in [9.17, 15) is 9.18 Å². The zero-order valence-corrected chi connectivity index (χ0v) is 21.0. The minimum absolute atomic E-state index is 0.0380. The van der Waals surface area contributed by atoms with Crippen LogP contribution in [0.1, 0.15) is 50.4 Å². The van der Waals surface area contributed by atoms with Gasteiger partial charge in [-0.3, -0.25) is 4.79 Å². The average molecular weight is 480 g/mol. The lowest BCUT2D eigenvalue weighted by molar-refractivity contribution is -0.136. The van der Waals surface area contributed by atoms with Crippen molar-refractivity contribution >= 4 is 5.91 Å². The second-order valence-electron chi connectivity index (χ2n) is 9.40. The molecule has 0 aliphatic carbocycles. The molecular weight excluding hydrogens is 445 g/mol. The highest BCUT2D eigenvalue weighted by Crippen LogP contribution is 2.33. The fraction of sp³-hybridized carbons (Fsp3) is 0.429. The molecule has 1 unspecified atom stereocenters. The topological polar surface area (TPSA) is 56.6 Å². The largest absolute Gasteiger partial charge is 0.439 e. The Labute approximate surface area is 206 Å². The van der Waals surface area contributed by atoms with Gasteiger partial charge in [-0.1, -0.05) is 32.9 Å². The van der Waals surface area contributed by atoms with Crippen LogP contribution < -0.4 is 4.74 Å². The Kier molecular flexibility index (Phi) is 7.86. The molecule has 1 saturated heterocycles. The quantitative estimate of drug-likeness (QED) is 0.387. The fourth-order valence-electron chi connectivity index (χ4n) is 4.40. The zero-order chi connectivity index (χ0) is 24.9. The van der Waals surface area contributed by atoms with Crippen LogP contribution in [0, 0.1) is 18.7 Å². The third-order valence-electron chi connectivity index (χ3n) is 6.23. The molecule has 1 aliphatic heterocycles. The van der Waals surface area contributed by atoms with E-state index in [0.717, 1.165) is 36.3 Å². The Bertz CT molecular complexity index is 1150. The van der Waals surface area contributed by atoms with Crippen LogP contribution >= 0.6 is 0 Å². The highest BCUT2D eigenvalue weighted by atomic mass is 19.1. The van der Waals surface area contributed by atoms with Crippen molar-refractivity contribution in [2.45, 2.75) is 59.6 Å². The lowest BCUT2D eigenvalue weighted by atomic mass is 10.1. The number of halogens is 1. The summed E-state index contributed by atoms with van der Waals surface area (Å²) in [5.74, 6) is 0.822. The molecule has 0 radical (unpaired) electrons. The van der Waals surface area contributed by atoms with E-state index >= 15 is 0 Å². The first kappa shape index (κ1) is 24.9. The van der Waals surface area contributed by atoms with Crippen LogP contribution in [0.25, 0.3) is 5.69 Å². The van der Waals surface area contributed by atoms with E-state index in [1.165, 1.54) is 12.1 Å². The van der Waals surface area contributed by atoms with Crippen LogP contribution in [-0.2, 0) is 22.5 Å².